The number of thiazole rings is 1. The van der Waals surface area contributed by atoms with Crippen molar-refractivity contribution in [1.82, 2.24) is 4.98 Å². The standard InChI is InChI=1S/C25H28N4O4S/c1-16(30)26-23-28-20(21(34-23)22(31)27-18-8-6-5-7-9-18)15-12-17-10-13-19(14-11-17)29(24(32)33)25(2,3)4/h5-11,13-14H,12,15H2,1-4H3,(H,27,31)(H,32,33)(H,26,28,30). The van der Waals surface area contributed by atoms with Gasteiger partial charge in [0.25, 0.3) is 5.91 Å². The average molecular weight is 481 g/mol. The average Bonchev–Trinajstić information content (AvgIpc) is 3.15. The number of anilines is 3. The lowest BCUT2D eigenvalue weighted by Gasteiger charge is -2.33. The van der Waals surface area contributed by atoms with Gasteiger partial charge in [-0.1, -0.05) is 41.7 Å². The maximum Gasteiger partial charge on any atom is 0.412 e. The number of aromatic nitrogens is 1. The summed E-state index contributed by atoms with van der Waals surface area (Å²) in [6.07, 6.45) is 0.0642. The van der Waals surface area contributed by atoms with E-state index in [1.165, 1.54) is 11.8 Å². The summed E-state index contributed by atoms with van der Waals surface area (Å²) in [4.78, 5) is 42.3. The fourth-order valence-electron chi connectivity index (χ4n) is 3.47. The number of amides is 3. The minimum absolute atomic E-state index is 0.257. The number of hydrogen-bond donors (Lipinski definition) is 3. The van der Waals surface area contributed by atoms with E-state index in [9.17, 15) is 19.5 Å². The molecule has 3 rings (SSSR count). The van der Waals surface area contributed by atoms with E-state index in [1.807, 2.05) is 51.1 Å². The van der Waals surface area contributed by atoms with Crippen LogP contribution < -0.4 is 15.5 Å². The van der Waals surface area contributed by atoms with Gasteiger partial charge in [0.15, 0.2) is 5.13 Å². The molecule has 0 spiro atoms. The van der Waals surface area contributed by atoms with Crippen molar-refractivity contribution in [3.63, 3.8) is 0 Å². The van der Waals surface area contributed by atoms with Crippen LogP contribution in [0.2, 0.25) is 0 Å². The van der Waals surface area contributed by atoms with Gasteiger partial charge >= 0.3 is 6.09 Å². The monoisotopic (exact) mass is 480 g/mol. The molecule has 0 aliphatic heterocycles. The number of nitrogens with zero attached hydrogens (tertiary/aromatic N) is 2. The number of aryl methyl sites for hydroxylation is 2. The molecule has 2 aromatic carbocycles. The second kappa shape index (κ2) is 10.5. The molecule has 3 aromatic rings. The third kappa shape index (κ3) is 6.41. The smallest absolute Gasteiger partial charge is 0.412 e. The van der Waals surface area contributed by atoms with Crippen LogP contribution in [0, 0.1) is 0 Å². The molecule has 0 saturated carbocycles. The molecule has 0 atom stereocenters. The number of rotatable bonds is 7. The van der Waals surface area contributed by atoms with Crippen molar-refractivity contribution in [3.05, 3.63) is 70.7 Å². The fourth-order valence-corrected chi connectivity index (χ4v) is 4.42. The zero-order chi connectivity index (χ0) is 24.9. The van der Waals surface area contributed by atoms with Crippen molar-refractivity contribution < 1.29 is 19.5 Å². The van der Waals surface area contributed by atoms with Gasteiger partial charge in [-0.25, -0.2) is 9.78 Å². The van der Waals surface area contributed by atoms with Crippen LogP contribution in [-0.2, 0) is 17.6 Å². The maximum absolute atomic E-state index is 12.9. The maximum atomic E-state index is 12.9. The molecule has 1 heterocycles. The zero-order valence-electron chi connectivity index (χ0n) is 19.6. The SMILES string of the molecule is CC(=O)Nc1nc(CCc2ccc(N(C(=O)O)C(C)(C)C)cc2)c(C(=O)Nc2ccccc2)s1. The van der Waals surface area contributed by atoms with Crippen LogP contribution >= 0.6 is 11.3 Å². The number of benzene rings is 2. The first-order valence-corrected chi connectivity index (χ1v) is 11.6. The third-order valence-corrected chi connectivity index (χ3v) is 5.94. The van der Waals surface area contributed by atoms with Gasteiger partial charge in [0.2, 0.25) is 5.91 Å². The van der Waals surface area contributed by atoms with Gasteiger partial charge in [-0.05, 0) is 63.4 Å². The van der Waals surface area contributed by atoms with Crippen LogP contribution in [0.25, 0.3) is 0 Å². The molecule has 0 bridgehead atoms. The Morgan fingerprint density at radius 1 is 0.971 bits per heavy atom. The highest BCUT2D eigenvalue weighted by atomic mass is 32.1. The van der Waals surface area contributed by atoms with Gasteiger partial charge in [0.05, 0.1) is 5.69 Å². The molecule has 0 aliphatic rings. The Bertz CT molecular complexity index is 1170. The molecule has 0 radical (unpaired) electrons. The highest BCUT2D eigenvalue weighted by Gasteiger charge is 2.27. The molecular weight excluding hydrogens is 452 g/mol. The number of carboxylic acid groups (broad SMARTS) is 1. The van der Waals surface area contributed by atoms with Crippen molar-refractivity contribution in [2.75, 3.05) is 15.5 Å². The summed E-state index contributed by atoms with van der Waals surface area (Å²) in [5, 5.41) is 15.5. The number of nitrogens with one attached hydrogen (secondary N) is 2. The predicted octanol–water partition coefficient (Wildman–Crippen LogP) is 5.42. The van der Waals surface area contributed by atoms with E-state index in [0.717, 1.165) is 16.9 Å². The molecule has 9 heteroatoms. The summed E-state index contributed by atoms with van der Waals surface area (Å²) in [6, 6.07) is 16.4. The Morgan fingerprint density at radius 2 is 1.62 bits per heavy atom. The summed E-state index contributed by atoms with van der Waals surface area (Å²) in [5.74, 6) is -0.541. The van der Waals surface area contributed by atoms with Gasteiger partial charge < -0.3 is 15.7 Å². The lowest BCUT2D eigenvalue weighted by molar-refractivity contribution is -0.114. The Kier molecular flexibility index (Phi) is 7.68. The Hall–Kier alpha value is -3.72. The van der Waals surface area contributed by atoms with Crippen LogP contribution in [0.1, 0.15) is 48.6 Å². The number of hydrogen-bond acceptors (Lipinski definition) is 5. The van der Waals surface area contributed by atoms with E-state index >= 15 is 0 Å². The van der Waals surface area contributed by atoms with E-state index in [0.29, 0.717) is 39.9 Å². The number of para-hydroxylation sites is 1. The van der Waals surface area contributed by atoms with Crippen LogP contribution in [-0.4, -0.2) is 33.5 Å². The van der Waals surface area contributed by atoms with E-state index in [-0.39, 0.29) is 11.8 Å². The number of carbonyl (C=O) groups excluding carboxylic acids is 2. The molecule has 34 heavy (non-hydrogen) atoms. The van der Waals surface area contributed by atoms with Gasteiger partial charge in [-0.15, -0.1) is 0 Å². The van der Waals surface area contributed by atoms with Gasteiger partial charge in [-0.2, -0.15) is 0 Å². The van der Waals surface area contributed by atoms with Crippen LogP contribution in [0.5, 0.6) is 0 Å². The fraction of sp³-hybridized carbons (Fsp3) is 0.280. The second-order valence-electron chi connectivity index (χ2n) is 8.75. The van der Waals surface area contributed by atoms with E-state index in [1.54, 1.807) is 24.3 Å². The van der Waals surface area contributed by atoms with E-state index < -0.39 is 11.6 Å². The first-order chi connectivity index (χ1) is 16.0. The Balaban J connectivity index is 1.78. The van der Waals surface area contributed by atoms with Gasteiger partial charge in [-0.3, -0.25) is 14.5 Å². The summed E-state index contributed by atoms with van der Waals surface area (Å²) in [5.41, 5.74) is 2.26. The second-order valence-corrected chi connectivity index (χ2v) is 9.75. The number of carbonyl (C=O) groups is 3. The topological polar surface area (TPSA) is 112 Å². The van der Waals surface area contributed by atoms with Crippen molar-refractivity contribution in [2.24, 2.45) is 0 Å². The molecular formula is C25H28N4O4S. The lowest BCUT2D eigenvalue weighted by Crippen LogP contribution is -2.45. The molecule has 0 saturated heterocycles. The molecule has 178 valence electrons. The molecule has 3 N–H and O–H groups in total. The summed E-state index contributed by atoms with van der Waals surface area (Å²) in [6.45, 7) is 6.91. The van der Waals surface area contributed by atoms with Crippen LogP contribution in [0.15, 0.2) is 54.6 Å². The highest BCUT2D eigenvalue weighted by Crippen LogP contribution is 2.27. The molecule has 3 amide bonds. The Morgan fingerprint density at radius 3 is 2.18 bits per heavy atom. The van der Waals surface area contributed by atoms with Gasteiger partial charge in [0, 0.05) is 23.8 Å². The van der Waals surface area contributed by atoms with Crippen LogP contribution in [0.4, 0.5) is 21.3 Å². The Labute approximate surface area is 202 Å². The molecule has 0 fully saturated rings. The molecule has 8 nitrogen and oxygen atoms in total. The highest BCUT2D eigenvalue weighted by molar-refractivity contribution is 7.17. The van der Waals surface area contributed by atoms with Crippen LogP contribution in [0.3, 0.4) is 0 Å². The summed E-state index contributed by atoms with van der Waals surface area (Å²) >= 11 is 1.14. The van der Waals surface area contributed by atoms with Crippen molar-refractivity contribution >= 4 is 45.8 Å². The molecule has 0 aliphatic carbocycles. The van der Waals surface area contributed by atoms with Crippen molar-refractivity contribution in [1.29, 1.82) is 0 Å². The van der Waals surface area contributed by atoms with Crippen molar-refractivity contribution in [2.45, 2.75) is 46.1 Å². The largest absolute Gasteiger partial charge is 0.465 e. The first kappa shape index (κ1) is 24.9. The summed E-state index contributed by atoms with van der Waals surface area (Å²) < 4.78 is 0. The minimum atomic E-state index is -1.01. The van der Waals surface area contributed by atoms with Gasteiger partial charge in [0.1, 0.15) is 4.88 Å². The third-order valence-electron chi connectivity index (χ3n) is 4.93. The predicted molar refractivity (Wildman–Crippen MR) is 135 cm³/mol. The lowest BCUT2D eigenvalue weighted by atomic mass is 10.0. The summed E-state index contributed by atoms with van der Waals surface area (Å²) in [7, 11) is 0. The van der Waals surface area contributed by atoms with Crippen molar-refractivity contribution in [3.8, 4) is 0 Å². The molecule has 1 aromatic heterocycles. The molecule has 0 unspecified atom stereocenters. The zero-order valence-corrected chi connectivity index (χ0v) is 20.4. The normalized spacial score (nSPS) is 11.1. The van der Waals surface area contributed by atoms with E-state index in [4.69, 9.17) is 0 Å². The minimum Gasteiger partial charge on any atom is -0.465 e. The first-order valence-electron chi connectivity index (χ1n) is 10.8. The quantitative estimate of drug-likeness (QED) is 0.418. The van der Waals surface area contributed by atoms with E-state index in [2.05, 4.69) is 15.6 Å².